The van der Waals surface area contributed by atoms with Gasteiger partial charge in [-0.05, 0) is 18.1 Å². The van der Waals surface area contributed by atoms with Crippen molar-refractivity contribution in [1.29, 1.82) is 0 Å². The molecule has 0 amide bonds. The molecule has 106 valence electrons. The molecule has 1 saturated heterocycles. The zero-order chi connectivity index (χ0) is 13.9. The van der Waals surface area contributed by atoms with Crippen molar-refractivity contribution >= 4 is 5.82 Å². The highest BCUT2D eigenvalue weighted by molar-refractivity contribution is 5.37. The molecule has 2 rings (SSSR count). The van der Waals surface area contributed by atoms with Gasteiger partial charge in [-0.2, -0.15) is 13.2 Å². The van der Waals surface area contributed by atoms with Crippen molar-refractivity contribution in [1.82, 2.24) is 9.88 Å². The van der Waals surface area contributed by atoms with Crippen molar-refractivity contribution in [3.63, 3.8) is 0 Å². The van der Waals surface area contributed by atoms with Crippen molar-refractivity contribution in [3.05, 3.63) is 24.4 Å². The van der Waals surface area contributed by atoms with Crippen LogP contribution in [-0.2, 0) is 0 Å². The van der Waals surface area contributed by atoms with Gasteiger partial charge in [0.15, 0.2) is 0 Å². The largest absolute Gasteiger partial charge is 0.401 e. The number of alkyl halides is 3. The van der Waals surface area contributed by atoms with E-state index in [4.69, 9.17) is 0 Å². The van der Waals surface area contributed by atoms with Crippen LogP contribution in [0.5, 0.6) is 0 Å². The van der Waals surface area contributed by atoms with E-state index >= 15 is 0 Å². The molecule has 0 N–H and O–H groups in total. The molecule has 0 aliphatic carbocycles. The maximum absolute atomic E-state index is 12.5. The second-order valence-electron chi connectivity index (χ2n) is 5.09. The minimum atomic E-state index is -4.13. The lowest BCUT2D eigenvalue weighted by Crippen LogP contribution is -2.37. The molecule has 1 aromatic rings. The van der Waals surface area contributed by atoms with E-state index in [2.05, 4.69) is 9.88 Å². The van der Waals surface area contributed by atoms with Gasteiger partial charge in [0.05, 0.1) is 6.54 Å². The van der Waals surface area contributed by atoms with Crippen LogP contribution < -0.4 is 4.90 Å². The number of hydrogen-bond acceptors (Lipinski definition) is 3. The number of rotatable bonds is 2. The van der Waals surface area contributed by atoms with E-state index < -0.39 is 12.7 Å². The van der Waals surface area contributed by atoms with Gasteiger partial charge in [-0.25, -0.2) is 4.98 Å². The molecule has 1 aliphatic heterocycles. The summed E-state index contributed by atoms with van der Waals surface area (Å²) in [7, 11) is 0. The molecule has 0 spiro atoms. The van der Waals surface area contributed by atoms with Crippen molar-refractivity contribution in [3.8, 4) is 0 Å². The third-order valence-electron chi connectivity index (χ3n) is 3.16. The molecule has 0 aromatic carbocycles. The second-order valence-corrected chi connectivity index (χ2v) is 5.09. The Balaban J connectivity index is 2.01. The lowest BCUT2D eigenvalue weighted by atomic mass is 10.1. The average molecular weight is 273 g/mol. The number of pyridine rings is 1. The molecule has 1 atom stereocenters. The predicted octanol–water partition coefficient (Wildman–Crippen LogP) is 2.40. The van der Waals surface area contributed by atoms with Crippen LogP contribution in [0.3, 0.4) is 0 Å². The Morgan fingerprint density at radius 2 is 2.05 bits per heavy atom. The summed E-state index contributed by atoms with van der Waals surface area (Å²) >= 11 is 0. The van der Waals surface area contributed by atoms with E-state index in [-0.39, 0.29) is 5.92 Å². The van der Waals surface area contributed by atoms with Gasteiger partial charge in [0.25, 0.3) is 0 Å². The van der Waals surface area contributed by atoms with E-state index in [0.717, 1.165) is 12.4 Å². The second kappa shape index (κ2) is 5.77. The first kappa shape index (κ1) is 14.1. The summed E-state index contributed by atoms with van der Waals surface area (Å²) in [5, 5.41) is 0. The fourth-order valence-electron chi connectivity index (χ4n) is 2.47. The molecule has 0 bridgehead atoms. The van der Waals surface area contributed by atoms with Crippen LogP contribution in [-0.4, -0.2) is 48.8 Å². The van der Waals surface area contributed by atoms with Gasteiger partial charge < -0.3 is 4.90 Å². The summed E-state index contributed by atoms with van der Waals surface area (Å²) in [6.45, 7) is 3.37. The molecule has 0 saturated carbocycles. The van der Waals surface area contributed by atoms with Crippen LogP contribution in [0.4, 0.5) is 19.0 Å². The number of nitrogens with zero attached hydrogens (tertiary/aromatic N) is 3. The molecule has 6 heteroatoms. The smallest absolute Gasteiger partial charge is 0.355 e. The highest BCUT2D eigenvalue weighted by Crippen LogP contribution is 2.20. The molecule has 1 aliphatic rings. The Hall–Kier alpha value is -1.30. The lowest BCUT2D eigenvalue weighted by molar-refractivity contribution is -0.146. The zero-order valence-electron chi connectivity index (χ0n) is 10.9. The molecular weight excluding hydrogens is 255 g/mol. The van der Waals surface area contributed by atoms with Crippen molar-refractivity contribution in [2.24, 2.45) is 5.92 Å². The van der Waals surface area contributed by atoms with Gasteiger partial charge in [-0.1, -0.05) is 13.0 Å². The van der Waals surface area contributed by atoms with Crippen molar-refractivity contribution in [2.75, 3.05) is 37.6 Å². The normalized spacial score (nSPS) is 22.3. The Morgan fingerprint density at radius 3 is 2.68 bits per heavy atom. The molecule has 1 aromatic heterocycles. The van der Waals surface area contributed by atoms with E-state index in [1.807, 2.05) is 25.1 Å². The van der Waals surface area contributed by atoms with Gasteiger partial charge in [-0.3, -0.25) is 4.90 Å². The van der Waals surface area contributed by atoms with E-state index in [9.17, 15) is 13.2 Å². The summed E-state index contributed by atoms with van der Waals surface area (Å²) in [6.07, 6.45) is -2.42. The Labute approximate surface area is 111 Å². The molecular formula is C13H18F3N3. The van der Waals surface area contributed by atoms with E-state index in [0.29, 0.717) is 19.6 Å². The first-order chi connectivity index (χ1) is 8.94. The van der Waals surface area contributed by atoms with Crippen LogP contribution in [0.15, 0.2) is 24.4 Å². The molecule has 1 fully saturated rings. The monoisotopic (exact) mass is 273 g/mol. The topological polar surface area (TPSA) is 19.4 Å². The molecule has 2 heterocycles. The summed E-state index contributed by atoms with van der Waals surface area (Å²) in [6, 6.07) is 5.62. The Bertz CT molecular complexity index is 394. The van der Waals surface area contributed by atoms with E-state index in [1.54, 1.807) is 6.20 Å². The van der Waals surface area contributed by atoms with Gasteiger partial charge in [0.1, 0.15) is 5.82 Å². The first-order valence-electron chi connectivity index (χ1n) is 6.39. The maximum Gasteiger partial charge on any atom is 0.401 e. The molecule has 1 unspecified atom stereocenters. The number of hydrogen-bond donors (Lipinski definition) is 0. The minimum Gasteiger partial charge on any atom is -0.355 e. The minimum absolute atomic E-state index is 0.187. The lowest BCUT2D eigenvalue weighted by Gasteiger charge is -2.23. The third-order valence-corrected chi connectivity index (χ3v) is 3.16. The number of anilines is 1. The number of aromatic nitrogens is 1. The van der Waals surface area contributed by atoms with Crippen LogP contribution >= 0.6 is 0 Å². The first-order valence-corrected chi connectivity index (χ1v) is 6.39. The van der Waals surface area contributed by atoms with Crippen LogP contribution in [0.25, 0.3) is 0 Å². The van der Waals surface area contributed by atoms with Gasteiger partial charge in [0, 0.05) is 32.4 Å². The van der Waals surface area contributed by atoms with Gasteiger partial charge >= 0.3 is 6.18 Å². The van der Waals surface area contributed by atoms with Crippen molar-refractivity contribution in [2.45, 2.75) is 13.1 Å². The van der Waals surface area contributed by atoms with Crippen LogP contribution in [0.2, 0.25) is 0 Å². The summed E-state index contributed by atoms with van der Waals surface area (Å²) < 4.78 is 37.4. The predicted molar refractivity (Wildman–Crippen MR) is 68.1 cm³/mol. The van der Waals surface area contributed by atoms with Crippen LogP contribution in [0, 0.1) is 5.92 Å². The Kier molecular flexibility index (Phi) is 4.29. The van der Waals surface area contributed by atoms with Crippen molar-refractivity contribution < 1.29 is 13.2 Å². The maximum atomic E-state index is 12.5. The molecule has 0 radical (unpaired) electrons. The standard InChI is InChI=1S/C13H18F3N3/c1-11-8-18(10-13(14,15)16)6-7-19(9-11)12-4-2-3-5-17-12/h2-5,11H,6-10H2,1H3. The summed E-state index contributed by atoms with van der Waals surface area (Å²) in [5.41, 5.74) is 0. The van der Waals surface area contributed by atoms with Crippen LogP contribution in [0.1, 0.15) is 6.92 Å². The van der Waals surface area contributed by atoms with Gasteiger partial charge in [0.2, 0.25) is 0 Å². The van der Waals surface area contributed by atoms with Gasteiger partial charge in [-0.15, -0.1) is 0 Å². The quantitative estimate of drug-likeness (QED) is 0.825. The highest BCUT2D eigenvalue weighted by atomic mass is 19.4. The summed E-state index contributed by atoms with van der Waals surface area (Å²) in [4.78, 5) is 7.80. The number of halogens is 3. The average Bonchev–Trinajstić information content (AvgIpc) is 2.50. The molecule has 19 heavy (non-hydrogen) atoms. The third kappa shape index (κ3) is 4.38. The fourth-order valence-corrected chi connectivity index (χ4v) is 2.47. The summed E-state index contributed by atoms with van der Waals surface area (Å²) in [5.74, 6) is 1.02. The SMILES string of the molecule is CC1CN(CC(F)(F)F)CCN(c2ccccn2)C1. The zero-order valence-corrected chi connectivity index (χ0v) is 10.9. The Morgan fingerprint density at radius 1 is 1.26 bits per heavy atom. The fraction of sp³-hybridized carbons (Fsp3) is 0.615. The van der Waals surface area contributed by atoms with E-state index in [1.165, 1.54) is 4.90 Å². The highest BCUT2D eigenvalue weighted by Gasteiger charge is 2.32. The molecule has 3 nitrogen and oxygen atoms in total.